The lowest BCUT2D eigenvalue weighted by Crippen LogP contribution is -2.57. The number of carbonyl (C=O) groups is 2. The standard InChI is InChI=1S/C23H26FN7O2/c24-17-3-1-2-15(10-17)6-8-26-22-19(4-5-20(30-22)16-12-28-29-13-16)23(33)27-14-18-7-9-31(18)21(32)11-25/h1-5,10,12-13,18H,6-9,11,14,25H2,(H,26,30)(H,27,33)(H,28,29)/t18-/m1/s1. The van der Waals surface area contributed by atoms with Crippen molar-refractivity contribution in [2.24, 2.45) is 5.73 Å². The van der Waals surface area contributed by atoms with E-state index in [4.69, 9.17) is 5.73 Å². The Kier molecular flexibility index (Phi) is 6.94. The fourth-order valence-corrected chi connectivity index (χ4v) is 3.75. The molecule has 1 aromatic carbocycles. The maximum Gasteiger partial charge on any atom is 0.255 e. The molecule has 5 N–H and O–H groups in total. The minimum absolute atomic E-state index is 0.0385. The Labute approximate surface area is 190 Å². The zero-order chi connectivity index (χ0) is 23.2. The molecule has 2 aromatic heterocycles. The van der Waals surface area contributed by atoms with Gasteiger partial charge in [-0.05, 0) is 42.7 Å². The maximum absolute atomic E-state index is 13.5. The third kappa shape index (κ3) is 5.35. The van der Waals surface area contributed by atoms with Crippen molar-refractivity contribution >= 4 is 17.6 Å². The number of carbonyl (C=O) groups excluding carboxylic acids is 2. The lowest BCUT2D eigenvalue weighted by atomic mass is 10.0. The Bertz CT molecular complexity index is 1120. The van der Waals surface area contributed by atoms with Gasteiger partial charge in [0.1, 0.15) is 11.6 Å². The molecule has 3 heterocycles. The van der Waals surface area contributed by atoms with Crippen LogP contribution in [0.3, 0.4) is 0 Å². The molecular formula is C23H26FN7O2. The van der Waals surface area contributed by atoms with Crippen LogP contribution in [0.5, 0.6) is 0 Å². The van der Waals surface area contributed by atoms with Gasteiger partial charge in [-0.2, -0.15) is 5.10 Å². The smallest absolute Gasteiger partial charge is 0.255 e. The van der Waals surface area contributed by atoms with E-state index in [1.54, 1.807) is 35.5 Å². The van der Waals surface area contributed by atoms with Crippen LogP contribution in [0.25, 0.3) is 11.3 Å². The highest BCUT2D eigenvalue weighted by Gasteiger charge is 2.31. The molecule has 1 saturated heterocycles. The van der Waals surface area contributed by atoms with Crippen molar-refractivity contribution in [1.82, 2.24) is 25.4 Å². The van der Waals surface area contributed by atoms with Crippen molar-refractivity contribution in [1.29, 1.82) is 0 Å². The van der Waals surface area contributed by atoms with Crippen LogP contribution >= 0.6 is 0 Å². The molecule has 0 saturated carbocycles. The second kappa shape index (κ2) is 10.2. The molecule has 172 valence electrons. The van der Waals surface area contributed by atoms with Crippen LogP contribution in [-0.4, -0.2) is 64.1 Å². The van der Waals surface area contributed by atoms with Crippen molar-refractivity contribution in [2.75, 3.05) is 31.5 Å². The van der Waals surface area contributed by atoms with E-state index >= 15 is 0 Å². The van der Waals surface area contributed by atoms with Gasteiger partial charge in [0.05, 0.1) is 30.0 Å². The fourth-order valence-electron chi connectivity index (χ4n) is 3.75. The SMILES string of the molecule is NCC(=O)N1CC[C@@H]1CNC(=O)c1ccc(-c2cn[nH]c2)nc1NCCc1cccc(F)c1. The Morgan fingerprint density at radius 3 is 2.85 bits per heavy atom. The molecular weight excluding hydrogens is 425 g/mol. The molecule has 33 heavy (non-hydrogen) atoms. The average molecular weight is 452 g/mol. The van der Waals surface area contributed by atoms with Gasteiger partial charge in [-0.25, -0.2) is 9.37 Å². The van der Waals surface area contributed by atoms with Gasteiger partial charge in [0.15, 0.2) is 0 Å². The predicted octanol–water partition coefficient (Wildman–Crippen LogP) is 1.55. The topological polar surface area (TPSA) is 129 Å². The monoisotopic (exact) mass is 451 g/mol. The summed E-state index contributed by atoms with van der Waals surface area (Å²) in [4.78, 5) is 31.1. The number of hydrogen-bond acceptors (Lipinski definition) is 6. The summed E-state index contributed by atoms with van der Waals surface area (Å²) in [6, 6.07) is 9.81. The van der Waals surface area contributed by atoms with Crippen LogP contribution in [0.2, 0.25) is 0 Å². The van der Waals surface area contributed by atoms with Gasteiger partial charge in [-0.1, -0.05) is 12.1 Å². The summed E-state index contributed by atoms with van der Waals surface area (Å²) in [7, 11) is 0. The molecule has 4 rings (SSSR count). The number of rotatable bonds is 9. The van der Waals surface area contributed by atoms with Crippen LogP contribution in [0.4, 0.5) is 10.2 Å². The number of nitrogens with two attached hydrogens (primary N) is 1. The first-order valence-corrected chi connectivity index (χ1v) is 10.8. The van der Waals surface area contributed by atoms with E-state index in [1.165, 1.54) is 12.1 Å². The number of hydrogen-bond donors (Lipinski definition) is 4. The van der Waals surface area contributed by atoms with Crippen molar-refractivity contribution in [2.45, 2.75) is 18.9 Å². The van der Waals surface area contributed by atoms with E-state index in [9.17, 15) is 14.0 Å². The molecule has 10 heteroatoms. The summed E-state index contributed by atoms with van der Waals surface area (Å²) in [5, 5.41) is 12.8. The highest BCUT2D eigenvalue weighted by atomic mass is 19.1. The van der Waals surface area contributed by atoms with Gasteiger partial charge in [0, 0.05) is 31.4 Å². The summed E-state index contributed by atoms with van der Waals surface area (Å²) in [6.07, 6.45) is 4.76. The van der Waals surface area contributed by atoms with Crippen LogP contribution in [-0.2, 0) is 11.2 Å². The summed E-state index contributed by atoms with van der Waals surface area (Å²) < 4.78 is 13.5. The predicted molar refractivity (Wildman–Crippen MR) is 122 cm³/mol. The summed E-state index contributed by atoms with van der Waals surface area (Å²) in [5.74, 6) is -0.273. The fraction of sp³-hybridized carbons (Fsp3) is 0.304. The van der Waals surface area contributed by atoms with E-state index in [-0.39, 0.29) is 30.2 Å². The molecule has 3 aromatic rings. The number of nitrogens with zero attached hydrogens (tertiary/aromatic N) is 3. The molecule has 1 atom stereocenters. The lowest BCUT2D eigenvalue weighted by Gasteiger charge is -2.40. The van der Waals surface area contributed by atoms with Gasteiger partial charge in [-0.15, -0.1) is 0 Å². The van der Waals surface area contributed by atoms with E-state index in [0.717, 1.165) is 17.5 Å². The molecule has 1 aliphatic heterocycles. The summed E-state index contributed by atoms with van der Waals surface area (Å²) >= 11 is 0. The molecule has 0 bridgehead atoms. The Morgan fingerprint density at radius 1 is 1.27 bits per heavy atom. The van der Waals surface area contributed by atoms with Gasteiger partial charge >= 0.3 is 0 Å². The third-order valence-corrected chi connectivity index (χ3v) is 5.67. The van der Waals surface area contributed by atoms with Gasteiger partial charge in [0.25, 0.3) is 5.91 Å². The van der Waals surface area contributed by atoms with Gasteiger partial charge < -0.3 is 21.3 Å². The lowest BCUT2D eigenvalue weighted by molar-refractivity contribution is -0.137. The second-order valence-corrected chi connectivity index (χ2v) is 7.83. The molecule has 9 nitrogen and oxygen atoms in total. The highest BCUT2D eigenvalue weighted by molar-refractivity contribution is 5.99. The molecule has 2 amide bonds. The number of aromatic nitrogens is 3. The van der Waals surface area contributed by atoms with Crippen molar-refractivity contribution < 1.29 is 14.0 Å². The van der Waals surface area contributed by atoms with Crippen molar-refractivity contribution in [3.63, 3.8) is 0 Å². The normalized spacial score (nSPS) is 15.1. The van der Waals surface area contributed by atoms with Gasteiger partial charge in [-0.3, -0.25) is 14.7 Å². The number of nitrogens with one attached hydrogen (secondary N) is 3. The van der Waals surface area contributed by atoms with Crippen LogP contribution < -0.4 is 16.4 Å². The Hall–Kier alpha value is -3.79. The Balaban J connectivity index is 1.46. The van der Waals surface area contributed by atoms with E-state index in [1.807, 2.05) is 6.07 Å². The number of halogens is 1. The number of benzene rings is 1. The van der Waals surface area contributed by atoms with Crippen molar-refractivity contribution in [3.8, 4) is 11.3 Å². The minimum atomic E-state index is -0.290. The number of aromatic amines is 1. The first-order valence-electron chi connectivity index (χ1n) is 10.8. The zero-order valence-corrected chi connectivity index (χ0v) is 18.1. The maximum atomic E-state index is 13.5. The largest absolute Gasteiger partial charge is 0.369 e. The third-order valence-electron chi connectivity index (χ3n) is 5.67. The number of H-pyrrole nitrogens is 1. The van der Waals surface area contributed by atoms with E-state index in [2.05, 4.69) is 25.8 Å². The van der Waals surface area contributed by atoms with Crippen LogP contribution in [0.1, 0.15) is 22.3 Å². The summed E-state index contributed by atoms with van der Waals surface area (Å²) in [6.45, 7) is 1.43. The molecule has 0 spiro atoms. The second-order valence-electron chi connectivity index (χ2n) is 7.83. The Morgan fingerprint density at radius 2 is 2.15 bits per heavy atom. The van der Waals surface area contributed by atoms with E-state index in [0.29, 0.717) is 43.1 Å². The zero-order valence-electron chi connectivity index (χ0n) is 18.1. The average Bonchev–Trinajstić information content (AvgIpc) is 3.33. The van der Waals surface area contributed by atoms with Crippen LogP contribution in [0.15, 0.2) is 48.8 Å². The molecule has 1 fully saturated rings. The molecule has 0 unspecified atom stereocenters. The van der Waals surface area contributed by atoms with Crippen LogP contribution in [0, 0.1) is 5.82 Å². The molecule has 0 radical (unpaired) electrons. The van der Waals surface area contributed by atoms with Crippen molar-refractivity contribution in [3.05, 3.63) is 65.7 Å². The molecule has 0 aliphatic carbocycles. The van der Waals surface area contributed by atoms with Gasteiger partial charge in [0.2, 0.25) is 5.91 Å². The quantitative estimate of drug-likeness (QED) is 0.391. The highest BCUT2D eigenvalue weighted by Crippen LogP contribution is 2.22. The molecule has 1 aliphatic rings. The minimum Gasteiger partial charge on any atom is -0.369 e. The summed E-state index contributed by atoms with van der Waals surface area (Å²) in [5.41, 5.74) is 8.12. The first kappa shape index (κ1) is 22.4. The first-order chi connectivity index (χ1) is 16.0. The number of likely N-dealkylation sites (tertiary alicyclic amines) is 1. The number of pyridine rings is 1. The number of anilines is 1. The number of amides is 2. The van der Waals surface area contributed by atoms with E-state index < -0.39 is 0 Å².